The number of ether oxygens (including phenoxy) is 3. The standard InChI is InChI=1S/C17H15N3O5/c1-23-13-5-3-2-4-12(13)19-16(21)17(22)20-18-9-11-6-7-14-15(8-11)25-10-24-14/h2-9H,10H2,1H3,(H,19,21)(H,20,22). The number of methoxy groups -OCH3 is 1. The van der Waals surface area contributed by atoms with E-state index in [1.54, 1.807) is 42.5 Å². The quantitative estimate of drug-likeness (QED) is 0.499. The van der Waals surface area contributed by atoms with Gasteiger partial charge in [0.25, 0.3) is 0 Å². The fourth-order valence-electron chi connectivity index (χ4n) is 2.14. The molecule has 3 rings (SSSR count). The summed E-state index contributed by atoms with van der Waals surface area (Å²) in [6.45, 7) is 0.176. The Hall–Kier alpha value is -3.55. The van der Waals surface area contributed by atoms with E-state index in [2.05, 4.69) is 15.8 Å². The second-order valence-electron chi connectivity index (χ2n) is 4.97. The second-order valence-corrected chi connectivity index (χ2v) is 4.97. The lowest BCUT2D eigenvalue weighted by Crippen LogP contribution is -2.32. The minimum absolute atomic E-state index is 0.176. The van der Waals surface area contributed by atoms with Crippen LogP contribution in [0.25, 0.3) is 0 Å². The zero-order chi connectivity index (χ0) is 17.6. The molecule has 0 saturated carbocycles. The van der Waals surface area contributed by atoms with E-state index in [0.29, 0.717) is 28.5 Å². The molecule has 2 aromatic rings. The molecule has 25 heavy (non-hydrogen) atoms. The average molecular weight is 341 g/mol. The highest BCUT2D eigenvalue weighted by Crippen LogP contribution is 2.31. The Bertz CT molecular complexity index is 835. The van der Waals surface area contributed by atoms with Crippen LogP contribution in [-0.4, -0.2) is 31.9 Å². The van der Waals surface area contributed by atoms with Crippen molar-refractivity contribution in [3.63, 3.8) is 0 Å². The third kappa shape index (κ3) is 3.86. The van der Waals surface area contributed by atoms with Gasteiger partial charge in [0.1, 0.15) is 5.75 Å². The fraction of sp³-hybridized carbons (Fsp3) is 0.118. The minimum Gasteiger partial charge on any atom is -0.495 e. The predicted molar refractivity (Wildman–Crippen MR) is 89.9 cm³/mol. The van der Waals surface area contributed by atoms with E-state index in [9.17, 15) is 9.59 Å². The van der Waals surface area contributed by atoms with Gasteiger partial charge in [-0.1, -0.05) is 12.1 Å². The molecule has 0 aliphatic carbocycles. The summed E-state index contributed by atoms with van der Waals surface area (Å²) >= 11 is 0. The number of anilines is 1. The summed E-state index contributed by atoms with van der Waals surface area (Å²) < 4.78 is 15.6. The van der Waals surface area contributed by atoms with E-state index >= 15 is 0 Å². The van der Waals surface area contributed by atoms with Crippen LogP contribution in [0.1, 0.15) is 5.56 Å². The first kappa shape index (κ1) is 16.3. The first-order valence-corrected chi connectivity index (χ1v) is 7.34. The normalized spacial score (nSPS) is 12.0. The Morgan fingerprint density at radius 2 is 1.92 bits per heavy atom. The molecule has 0 spiro atoms. The summed E-state index contributed by atoms with van der Waals surface area (Å²) in [5, 5.41) is 6.22. The van der Waals surface area contributed by atoms with E-state index in [1.807, 2.05) is 0 Å². The molecule has 0 aromatic heterocycles. The molecule has 1 aliphatic heterocycles. The van der Waals surface area contributed by atoms with Gasteiger partial charge in [-0.2, -0.15) is 5.10 Å². The molecule has 0 atom stereocenters. The summed E-state index contributed by atoms with van der Waals surface area (Å²) in [5.74, 6) is -0.0516. The van der Waals surface area contributed by atoms with Crippen molar-refractivity contribution in [1.29, 1.82) is 0 Å². The molecule has 1 heterocycles. The summed E-state index contributed by atoms with van der Waals surface area (Å²) in [7, 11) is 1.47. The molecule has 0 unspecified atom stereocenters. The van der Waals surface area contributed by atoms with Gasteiger partial charge in [0.15, 0.2) is 11.5 Å². The summed E-state index contributed by atoms with van der Waals surface area (Å²) in [6.07, 6.45) is 1.40. The minimum atomic E-state index is -0.900. The number of nitrogens with zero attached hydrogens (tertiary/aromatic N) is 1. The van der Waals surface area contributed by atoms with Gasteiger partial charge in [0, 0.05) is 0 Å². The summed E-state index contributed by atoms with van der Waals surface area (Å²) in [6, 6.07) is 12.0. The molecule has 8 nitrogen and oxygen atoms in total. The van der Waals surface area contributed by atoms with Gasteiger partial charge in [-0.15, -0.1) is 0 Å². The zero-order valence-corrected chi connectivity index (χ0v) is 13.3. The summed E-state index contributed by atoms with van der Waals surface area (Å²) in [4.78, 5) is 23.7. The Labute approximate surface area is 143 Å². The molecule has 0 bridgehead atoms. The predicted octanol–water partition coefficient (Wildman–Crippen LogP) is 1.51. The lowest BCUT2D eigenvalue weighted by molar-refractivity contribution is -0.136. The first-order valence-electron chi connectivity index (χ1n) is 7.34. The number of fused-ring (bicyclic) bond motifs is 1. The van der Waals surface area contributed by atoms with Gasteiger partial charge in [0.05, 0.1) is 19.0 Å². The molecular formula is C17H15N3O5. The Kier molecular flexibility index (Phi) is 4.79. The Morgan fingerprint density at radius 1 is 1.12 bits per heavy atom. The molecular weight excluding hydrogens is 326 g/mol. The molecule has 2 N–H and O–H groups in total. The van der Waals surface area contributed by atoms with E-state index in [1.165, 1.54) is 13.3 Å². The molecule has 2 aromatic carbocycles. The van der Waals surface area contributed by atoms with Crippen molar-refractivity contribution in [1.82, 2.24) is 5.43 Å². The van der Waals surface area contributed by atoms with Crippen LogP contribution < -0.4 is 25.0 Å². The monoisotopic (exact) mass is 341 g/mol. The highest BCUT2D eigenvalue weighted by atomic mass is 16.7. The van der Waals surface area contributed by atoms with Crippen LogP contribution in [0.4, 0.5) is 5.69 Å². The largest absolute Gasteiger partial charge is 0.495 e. The van der Waals surface area contributed by atoms with Gasteiger partial charge in [-0.3, -0.25) is 9.59 Å². The lowest BCUT2D eigenvalue weighted by Gasteiger charge is -2.08. The molecule has 0 fully saturated rings. The van der Waals surface area contributed by atoms with Gasteiger partial charge < -0.3 is 19.5 Å². The summed E-state index contributed by atoms with van der Waals surface area (Å²) in [5.41, 5.74) is 3.24. The number of hydrogen-bond acceptors (Lipinski definition) is 6. The number of rotatable bonds is 4. The SMILES string of the molecule is COc1ccccc1NC(=O)C(=O)NN=Cc1ccc2c(c1)OCO2. The molecule has 1 aliphatic rings. The first-order chi connectivity index (χ1) is 12.2. The van der Waals surface area contributed by atoms with E-state index < -0.39 is 11.8 Å². The van der Waals surface area contributed by atoms with Crippen LogP contribution in [0.5, 0.6) is 17.2 Å². The number of para-hydroxylation sites is 2. The van der Waals surface area contributed by atoms with Crippen molar-refractivity contribution in [2.24, 2.45) is 5.10 Å². The fourth-order valence-corrected chi connectivity index (χ4v) is 2.14. The third-order valence-electron chi connectivity index (χ3n) is 3.34. The van der Waals surface area contributed by atoms with Crippen molar-refractivity contribution in [3.05, 3.63) is 48.0 Å². The van der Waals surface area contributed by atoms with E-state index in [4.69, 9.17) is 14.2 Å². The lowest BCUT2D eigenvalue weighted by atomic mass is 10.2. The molecule has 8 heteroatoms. The maximum absolute atomic E-state index is 11.9. The van der Waals surface area contributed by atoms with Crippen molar-refractivity contribution in [3.8, 4) is 17.2 Å². The molecule has 0 saturated heterocycles. The van der Waals surface area contributed by atoms with Gasteiger partial charge in [0.2, 0.25) is 6.79 Å². The average Bonchev–Trinajstić information content (AvgIpc) is 3.09. The maximum Gasteiger partial charge on any atom is 0.329 e. The van der Waals surface area contributed by atoms with Crippen molar-refractivity contribution < 1.29 is 23.8 Å². The maximum atomic E-state index is 11.9. The number of carbonyl (C=O) groups is 2. The van der Waals surface area contributed by atoms with Crippen LogP contribution in [0.15, 0.2) is 47.6 Å². The van der Waals surface area contributed by atoms with Crippen molar-refractivity contribution >= 4 is 23.7 Å². The van der Waals surface area contributed by atoms with Crippen LogP contribution >= 0.6 is 0 Å². The number of hydrogen-bond donors (Lipinski definition) is 2. The highest BCUT2D eigenvalue weighted by molar-refractivity contribution is 6.39. The molecule has 0 radical (unpaired) electrons. The van der Waals surface area contributed by atoms with Gasteiger partial charge >= 0.3 is 11.8 Å². The number of hydrazone groups is 1. The molecule has 2 amide bonds. The van der Waals surface area contributed by atoms with Crippen molar-refractivity contribution in [2.45, 2.75) is 0 Å². The number of amides is 2. The van der Waals surface area contributed by atoms with Crippen LogP contribution in [-0.2, 0) is 9.59 Å². The highest BCUT2D eigenvalue weighted by Gasteiger charge is 2.15. The van der Waals surface area contributed by atoms with Gasteiger partial charge in [-0.05, 0) is 35.9 Å². The smallest absolute Gasteiger partial charge is 0.329 e. The van der Waals surface area contributed by atoms with E-state index in [-0.39, 0.29) is 6.79 Å². The third-order valence-corrected chi connectivity index (χ3v) is 3.34. The van der Waals surface area contributed by atoms with Crippen LogP contribution in [0.2, 0.25) is 0 Å². The number of benzene rings is 2. The Morgan fingerprint density at radius 3 is 2.76 bits per heavy atom. The van der Waals surface area contributed by atoms with Crippen LogP contribution in [0.3, 0.4) is 0 Å². The topological polar surface area (TPSA) is 98.2 Å². The van der Waals surface area contributed by atoms with Crippen LogP contribution in [0, 0.1) is 0 Å². The second kappa shape index (κ2) is 7.35. The van der Waals surface area contributed by atoms with E-state index in [0.717, 1.165) is 0 Å². The zero-order valence-electron chi connectivity index (χ0n) is 13.3. The Balaban J connectivity index is 1.57. The number of carbonyl (C=O) groups excluding carboxylic acids is 2. The van der Waals surface area contributed by atoms with Crippen molar-refractivity contribution in [2.75, 3.05) is 19.2 Å². The molecule has 128 valence electrons. The number of nitrogens with one attached hydrogen (secondary N) is 2. The van der Waals surface area contributed by atoms with Gasteiger partial charge in [-0.25, -0.2) is 5.43 Å².